The van der Waals surface area contributed by atoms with Gasteiger partial charge in [-0.05, 0) is 18.7 Å². The Bertz CT molecular complexity index is 2130. The molecule has 5 aromatic rings. The fourth-order valence-corrected chi connectivity index (χ4v) is 6.77. The van der Waals surface area contributed by atoms with Gasteiger partial charge in [-0.1, -0.05) is 11.6 Å². The number of allylic oxidation sites excluding steroid dienone is 1. The predicted octanol–water partition coefficient (Wildman–Crippen LogP) is 3.75. The number of hydrogen-bond donors (Lipinski definition) is 4. The van der Waals surface area contributed by atoms with Gasteiger partial charge in [-0.3, -0.25) is 9.59 Å². The van der Waals surface area contributed by atoms with Crippen LogP contribution in [0.3, 0.4) is 0 Å². The van der Waals surface area contributed by atoms with Crippen molar-refractivity contribution in [3.63, 3.8) is 0 Å². The van der Waals surface area contributed by atoms with E-state index in [1.165, 1.54) is 33.5 Å². The van der Waals surface area contributed by atoms with Crippen molar-refractivity contribution >= 4 is 54.9 Å². The van der Waals surface area contributed by atoms with E-state index < -0.39 is 10.9 Å². The Balaban J connectivity index is 1.56. The Labute approximate surface area is 269 Å². The third kappa shape index (κ3) is 5.27. The maximum atomic E-state index is 13.8. The average Bonchev–Trinajstić information content (AvgIpc) is 3.20. The Hall–Kier alpha value is -4.62. The van der Waals surface area contributed by atoms with Crippen LogP contribution in [0.1, 0.15) is 18.1 Å². The summed E-state index contributed by atoms with van der Waals surface area (Å²) in [5, 5.41) is 38.6. The molecule has 0 heterocycles. The largest absolute Gasteiger partial charge is 0.505 e. The molecule has 0 fully saturated rings. The molecule has 1 aliphatic rings. The van der Waals surface area contributed by atoms with Crippen molar-refractivity contribution in [1.82, 2.24) is 0 Å². The number of hydrogen-bond acceptors (Lipinski definition) is 12. The monoisotopic (exact) mass is 647 g/mol. The maximum absolute atomic E-state index is 13.8. The van der Waals surface area contributed by atoms with Crippen LogP contribution in [0.4, 0.5) is 5.69 Å². The lowest BCUT2D eigenvalue weighted by Gasteiger charge is -2.24. The van der Waals surface area contributed by atoms with Crippen LogP contribution in [0, 0.1) is 0 Å². The number of rotatable bonds is 15. The fourth-order valence-electron chi connectivity index (χ4n) is 6.77. The quantitative estimate of drug-likeness (QED) is 0.0565. The van der Waals surface area contributed by atoms with Gasteiger partial charge in [0.15, 0.2) is 28.1 Å². The molecule has 0 aromatic heterocycles. The maximum Gasteiger partial charge on any atom is 0.194 e. The molecule has 47 heavy (non-hydrogen) atoms. The number of aliphatic hydroxyl groups excluding tert-OH is 1. The van der Waals surface area contributed by atoms with Gasteiger partial charge in [0.25, 0.3) is 0 Å². The number of aromatic hydroxyl groups is 2. The number of methoxy groups -OCH3 is 3. The van der Waals surface area contributed by atoms with Crippen molar-refractivity contribution in [2.75, 3.05) is 79.4 Å². The highest BCUT2D eigenvalue weighted by molar-refractivity contribution is 6.39. The van der Waals surface area contributed by atoms with E-state index in [1.54, 1.807) is 0 Å². The molecular weight excluding hydrogens is 610 g/mol. The smallest absolute Gasteiger partial charge is 0.194 e. The third-order valence-corrected chi connectivity index (χ3v) is 8.57. The molecule has 0 bridgehead atoms. The highest BCUT2D eigenvalue weighted by Crippen LogP contribution is 2.56. The number of aliphatic hydroxyl groups is 1. The van der Waals surface area contributed by atoms with Gasteiger partial charge in [0.2, 0.25) is 0 Å². The van der Waals surface area contributed by atoms with Crippen LogP contribution in [0.2, 0.25) is 0 Å². The minimum absolute atomic E-state index is 0.0370. The number of fused-ring (bicyclic) bond motifs is 1. The van der Waals surface area contributed by atoms with Gasteiger partial charge in [0.1, 0.15) is 11.5 Å². The molecule has 12 nitrogen and oxygen atoms in total. The zero-order chi connectivity index (χ0) is 33.4. The van der Waals surface area contributed by atoms with Crippen LogP contribution < -0.4 is 30.4 Å². The predicted molar refractivity (Wildman–Crippen MR) is 180 cm³/mol. The van der Waals surface area contributed by atoms with Crippen LogP contribution in [0.25, 0.3) is 49.2 Å². The van der Waals surface area contributed by atoms with E-state index in [-0.39, 0.29) is 59.3 Å². The van der Waals surface area contributed by atoms with Crippen molar-refractivity contribution in [2.24, 2.45) is 0 Å². The zero-order valence-electron chi connectivity index (χ0n) is 26.7. The Morgan fingerprint density at radius 2 is 1.23 bits per heavy atom. The van der Waals surface area contributed by atoms with Gasteiger partial charge in [-0.25, -0.2) is 0 Å². The molecule has 1 aliphatic carbocycles. The van der Waals surface area contributed by atoms with Crippen LogP contribution in [-0.4, -0.2) is 89.4 Å². The summed E-state index contributed by atoms with van der Waals surface area (Å²) in [4.78, 5) is 27.3. The zero-order valence-corrected chi connectivity index (χ0v) is 26.7. The first-order chi connectivity index (χ1) is 22.8. The van der Waals surface area contributed by atoms with E-state index >= 15 is 0 Å². The molecule has 5 aromatic carbocycles. The van der Waals surface area contributed by atoms with E-state index in [4.69, 9.17) is 33.5 Å². The first-order valence-electron chi connectivity index (χ1n) is 15.3. The summed E-state index contributed by atoms with van der Waals surface area (Å²) in [6.07, 6.45) is 2.30. The minimum atomic E-state index is -0.454. The highest BCUT2D eigenvalue weighted by Gasteiger charge is 2.33. The summed E-state index contributed by atoms with van der Waals surface area (Å²) in [5.74, 6) is 0.152. The van der Waals surface area contributed by atoms with Crippen LogP contribution in [-0.2, 0) is 20.6 Å². The standard InChI is InChI=1S/C35H37NO11/c1-17-13-18-24-25-19(14-17)35(44-4)34(41)27-21(39)16-23(43-3)29(31(25)27)28-22(42-2)15-20(38)26(30(24)28)33(40)32(18)36-5-7-45-9-11-47-12-10-46-8-6-37/h13,15-16,36-37,40-41H,5-12,14H2,1-4H3. The molecule has 6 rings (SSSR count). The minimum Gasteiger partial charge on any atom is -0.505 e. The summed E-state index contributed by atoms with van der Waals surface area (Å²) in [7, 11) is 4.34. The molecule has 0 atom stereocenters. The van der Waals surface area contributed by atoms with E-state index in [1.807, 2.05) is 13.0 Å². The molecule has 0 aliphatic heterocycles. The van der Waals surface area contributed by atoms with Gasteiger partial charge >= 0.3 is 0 Å². The molecule has 248 valence electrons. The SMILES string of the molecule is COc1c(O)c2c(=O)cc(OC)c3c4c(OC)cc(=O)c5c(O)c(NCCOCCOCCOCCO)c6c(c(c1CC(C)=C6)c23)c54. The van der Waals surface area contributed by atoms with Gasteiger partial charge in [0.05, 0.1) is 84.0 Å². The van der Waals surface area contributed by atoms with Crippen molar-refractivity contribution in [1.29, 1.82) is 0 Å². The van der Waals surface area contributed by atoms with Gasteiger partial charge in [0, 0.05) is 56.7 Å². The van der Waals surface area contributed by atoms with Crippen LogP contribution in [0.5, 0.6) is 28.7 Å². The molecule has 12 heteroatoms. The second-order valence-electron chi connectivity index (χ2n) is 11.3. The molecular formula is C35H37NO11. The molecule has 0 radical (unpaired) electrons. The van der Waals surface area contributed by atoms with E-state index in [0.29, 0.717) is 88.5 Å². The normalized spacial score (nSPS) is 12.8. The summed E-state index contributed by atoms with van der Waals surface area (Å²) < 4.78 is 33.6. The van der Waals surface area contributed by atoms with E-state index in [2.05, 4.69) is 5.32 Å². The first-order valence-corrected chi connectivity index (χ1v) is 15.3. The molecule has 0 unspecified atom stereocenters. The van der Waals surface area contributed by atoms with Crippen molar-refractivity contribution in [2.45, 2.75) is 13.3 Å². The number of ether oxygens (including phenoxy) is 6. The fraction of sp³-hybridized carbons (Fsp3) is 0.371. The highest BCUT2D eigenvalue weighted by atomic mass is 16.5. The van der Waals surface area contributed by atoms with Gasteiger partial charge in [-0.2, -0.15) is 0 Å². The molecule has 0 amide bonds. The summed E-state index contributed by atoms with van der Waals surface area (Å²) in [5.41, 5.74) is 1.58. The Morgan fingerprint density at radius 1 is 0.681 bits per heavy atom. The number of phenolic OH excluding ortho intramolecular Hbond substituents is 2. The summed E-state index contributed by atoms with van der Waals surface area (Å²) >= 11 is 0. The molecule has 0 spiro atoms. The van der Waals surface area contributed by atoms with Crippen LogP contribution >= 0.6 is 0 Å². The average molecular weight is 648 g/mol. The second-order valence-corrected chi connectivity index (χ2v) is 11.3. The Morgan fingerprint density at radius 3 is 1.81 bits per heavy atom. The third-order valence-electron chi connectivity index (χ3n) is 8.57. The number of anilines is 1. The van der Waals surface area contributed by atoms with Crippen molar-refractivity contribution in [3.05, 3.63) is 49.3 Å². The molecule has 0 saturated heterocycles. The first kappa shape index (κ1) is 32.3. The second kappa shape index (κ2) is 13.2. The van der Waals surface area contributed by atoms with E-state index in [0.717, 1.165) is 5.57 Å². The topological polar surface area (TPSA) is 162 Å². The number of nitrogens with one attached hydrogen (secondary N) is 1. The summed E-state index contributed by atoms with van der Waals surface area (Å²) in [6, 6.07) is 2.62. The molecule has 0 saturated carbocycles. The van der Waals surface area contributed by atoms with Gasteiger partial charge < -0.3 is 49.1 Å². The van der Waals surface area contributed by atoms with E-state index in [9.17, 15) is 19.8 Å². The van der Waals surface area contributed by atoms with Crippen LogP contribution in [0.15, 0.2) is 27.3 Å². The van der Waals surface area contributed by atoms with Crippen molar-refractivity contribution in [3.8, 4) is 28.7 Å². The lowest BCUT2D eigenvalue weighted by atomic mass is 9.83. The number of benzene rings is 5. The molecule has 4 N–H and O–H groups in total. The lowest BCUT2D eigenvalue weighted by Crippen LogP contribution is -2.15. The number of phenols is 2. The van der Waals surface area contributed by atoms with Crippen molar-refractivity contribution < 1.29 is 43.7 Å². The van der Waals surface area contributed by atoms with Gasteiger partial charge in [-0.15, -0.1) is 0 Å². The summed E-state index contributed by atoms with van der Waals surface area (Å²) in [6.45, 7) is 4.19. The Kier molecular flexibility index (Phi) is 9.11. The lowest BCUT2D eigenvalue weighted by molar-refractivity contribution is 0.00920.